The van der Waals surface area contributed by atoms with E-state index in [2.05, 4.69) is 15.1 Å². The first-order chi connectivity index (χ1) is 14.5. The van der Waals surface area contributed by atoms with E-state index in [0.29, 0.717) is 18.8 Å². The average Bonchev–Trinajstić information content (AvgIpc) is 3.28. The molecule has 0 unspecified atom stereocenters. The van der Waals surface area contributed by atoms with Crippen LogP contribution < -0.4 is 21.9 Å². The lowest BCUT2D eigenvalue weighted by atomic mass is 10.2. The molecule has 0 aliphatic carbocycles. The van der Waals surface area contributed by atoms with Crippen LogP contribution in [-0.4, -0.2) is 50.5 Å². The molecule has 0 aliphatic rings. The number of ether oxygens (including phenoxy) is 1. The SMILES string of the molecule is CCCn1c(N)c(N(CCOC)C(=O)c2ccc(-n3cccn3)nc2)c(=O)[nH]c1=O. The maximum Gasteiger partial charge on any atom is 0.330 e. The number of aromatic nitrogens is 5. The summed E-state index contributed by atoms with van der Waals surface area (Å²) in [5.41, 5.74) is 4.92. The molecule has 11 heteroatoms. The smallest absolute Gasteiger partial charge is 0.330 e. The maximum absolute atomic E-state index is 13.2. The second-order valence-corrected chi connectivity index (χ2v) is 6.45. The molecule has 0 bridgehead atoms. The van der Waals surface area contributed by atoms with E-state index in [4.69, 9.17) is 10.5 Å². The van der Waals surface area contributed by atoms with E-state index in [1.54, 1.807) is 35.3 Å². The zero-order valence-corrected chi connectivity index (χ0v) is 16.7. The van der Waals surface area contributed by atoms with E-state index in [0.717, 1.165) is 0 Å². The number of nitrogens with one attached hydrogen (secondary N) is 1. The van der Waals surface area contributed by atoms with Gasteiger partial charge in [-0.05, 0) is 24.6 Å². The monoisotopic (exact) mass is 413 g/mol. The Balaban J connectivity index is 2.02. The molecule has 0 radical (unpaired) electrons. The number of amides is 1. The maximum atomic E-state index is 13.2. The Bertz CT molecular complexity index is 1120. The van der Waals surface area contributed by atoms with E-state index in [9.17, 15) is 14.4 Å². The van der Waals surface area contributed by atoms with Crippen molar-refractivity contribution in [3.05, 3.63) is 63.2 Å². The Morgan fingerprint density at radius 1 is 1.33 bits per heavy atom. The number of aromatic amines is 1. The number of hydrogen-bond donors (Lipinski definition) is 2. The van der Waals surface area contributed by atoms with Gasteiger partial charge < -0.3 is 10.5 Å². The fourth-order valence-corrected chi connectivity index (χ4v) is 2.99. The van der Waals surface area contributed by atoms with Crippen LogP contribution in [0.3, 0.4) is 0 Å². The lowest BCUT2D eigenvalue weighted by molar-refractivity contribution is 0.0975. The van der Waals surface area contributed by atoms with Crippen LogP contribution in [0.4, 0.5) is 11.5 Å². The number of methoxy groups -OCH3 is 1. The van der Waals surface area contributed by atoms with Crippen molar-refractivity contribution in [1.29, 1.82) is 0 Å². The van der Waals surface area contributed by atoms with Gasteiger partial charge in [-0.1, -0.05) is 6.92 Å². The number of carbonyl (C=O) groups excluding carboxylic acids is 1. The van der Waals surface area contributed by atoms with Crippen molar-refractivity contribution in [2.75, 3.05) is 30.9 Å². The van der Waals surface area contributed by atoms with Crippen molar-refractivity contribution in [3.8, 4) is 5.82 Å². The van der Waals surface area contributed by atoms with Gasteiger partial charge in [-0.2, -0.15) is 5.10 Å². The molecule has 3 N–H and O–H groups in total. The van der Waals surface area contributed by atoms with Crippen LogP contribution in [0.15, 0.2) is 46.4 Å². The quantitative estimate of drug-likeness (QED) is 0.544. The van der Waals surface area contributed by atoms with Gasteiger partial charge >= 0.3 is 5.69 Å². The summed E-state index contributed by atoms with van der Waals surface area (Å²) in [4.78, 5) is 45.6. The molecule has 3 rings (SSSR count). The molecule has 0 atom stereocenters. The van der Waals surface area contributed by atoms with E-state index >= 15 is 0 Å². The minimum atomic E-state index is -0.740. The normalized spacial score (nSPS) is 10.9. The first kappa shape index (κ1) is 21.0. The van der Waals surface area contributed by atoms with Crippen molar-refractivity contribution in [3.63, 3.8) is 0 Å². The molecule has 3 heterocycles. The molecular weight excluding hydrogens is 390 g/mol. The molecule has 0 fully saturated rings. The van der Waals surface area contributed by atoms with Gasteiger partial charge in [0.25, 0.3) is 11.5 Å². The lowest BCUT2D eigenvalue weighted by Gasteiger charge is -2.24. The number of nitrogen functional groups attached to an aromatic ring is 1. The standard InChI is InChI=1S/C19H23N7O4/c1-3-8-25-16(20)15(17(27)23-19(25)29)24(10-11-30-2)18(28)13-5-6-14(21-12-13)26-9-4-7-22-26/h4-7,9,12H,3,8,10-11,20H2,1-2H3,(H,23,27,29). The van der Waals surface area contributed by atoms with Gasteiger partial charge in [0, 0.05) is 38.8 Å². The molecule has 11 nitrogen and oxygen atoms in total. The number of pyridine rings is 1. The van der Waals surface area contributed by atoms with Gasteiger partial charge in [0.05, 0.1) is 12.2 Å². The molecule has 158 valence electrons. The number of nitrogens with two attached hydrogens (primary N) is 1. The van der Waals surface area contributed by atoms with E-state index in [1.165, 1.54) is 22.8 Å². The Labute approximate surface area is 171 Å². The second kappa shape index (κ2) is 9.18. The molecule has 3 aromatic heterocycles. The first-order valence-electron chi connectivity index (χ1n) is 9.37. The fourth-order valence-electron chi connectivity index (χ4n) is 2.99. The number of anilines is 2. The van der Waals surface area contributed by atoms with Crippen LogP contribution in [0.25, 0.3) is 5.82 Å². The topological polar surface area (TPSA) is 141 Å². The van der Waals surface area contributed by atoms with Crippen LogP contribution in [0.5, 0.6) is 0 Å². The summed E-state index contributed by atoms with van der Waals surface area (Å²) >= 11 is 0. The van der Waals surface area contributed by atoms with Crippen LogP contribution in [0.1, 0.15) is 23.7 Å². The van der Waals surface area contributed by atoms with Crippen LogP contribution in [0.2, 0.25) is 0 Å². The summed E-state index contributed by atoms with van der Waals surface area (Å²) in [6.45, 7) is 2.41. The predicted octanol–water partition coefficient (Wildman–Crippen LogP) is 0.403. The average molecular weight is 413 g/mol. The largest absolute Gasteiger partial charge is 0.383 e. The number of carbonyl (C=O) groups is 1. The van der Waals surface area contributed by atoms with Gasteiger partial charge in [0.15, 0.2) is 11.5 Å². The molecule has 0 spiro atoms. The zero-order valence-electron chi connectivity index (χ0n) is 16.7. The Morgan fingerprint density at radius 3 is 2.73 bits per heavy atom. The van der Waals surface area contributed by atoms with Crippen molar-refractivity contribution >= 4 is 17.4 Å². The minimum Gasteiger partial charge on any atom is -0.383 e. The van der Waals surface area contributed by atoms with Crippen molar-refractivity contribution < 1.29 is 9.53 Å². The summed E-state index contributed by atoms with van der Waals surface area (Å²) in [5.74, 6) is -0.0320. The molecule has 0 saturated carbocycles. The van der Waals surface area contributed by atoms with Crippen LogP contribution in [0, 0.1) is 0 Å². The van der Waals surface area contributed by atoms with Gasteiger partial charge in [0.1, 0.15) is 5.82 Å². The fraction of sp³-hybridized carbons (Fsp3) is 0.316. The minimum absolute atomic E-state index is 0.0633. The summed E-state index contributed by atoms with van der Waals surface area (Å²) in [5, 5.41) is 4.09. The zero-order chi connectivity index (χ0) is 21.7. The molecule has 0 aliphatic heterocycles. The molecular formula is C19H23N7O4. The van der Waals surface area contributed by atoms with Gasteiger partial charge in [-0.3, -0.25) is 24.0 Å². The molecule has 0 saturated heterocycles. The third-order valence-corrected chi connectivity index (χ3v) is 4.43. The highest BCUT2D eigenvalue weighted by Crippen LogP contribution is 2.19. The summed E-state index contributed by atoms with van der Waals surface area (Å²) in [7, 11) is 1.48. The summed E-state index contributed by atoms with van der Waals surface area (Å²) in [6, 6.07) is 4.98. The van der Waals surface area contributed by atoms with Crippen molar-refractivity contribution in [1.82, 2.24) is 24.3 Å². The van der Waals surface area contributed by atoms with E-state index < -0.39 is 17.2 Å². The van der Waals surface area contributed by atoms with Crippen molar-refractivity contribution in [2.24, 2.45) is 0 Å². The number of hydrogen-bond acceptors (Lipinski definition) is 7. The first-order valence-corrected chi connectivity index (χ1v) is 9.37. The highest BCUT2D eigenvalue weighted by Gasteiger charge is 2.25. The Kier molecular flexibility index (Phi) is 6.42. The second-order valence-electron chi connectivity index (χ2n) is 6.45. The third-order valence-electron chi connectivity index (χ3n) is 4.43. The predicted molar refractivity (Wildman–Crippen MR) is 111 cm³/mol. The summed E-state index contributed by atoms with van der Waals surface area (Å²) in [6.07, 6.45) is 5.37. The van der Waals surface area contributed by atoms with Gasteiger partial charge in [-0.15, -0.1) is 0 Å². The summed E-state index contributed by atoms with van der Waals surface area (Å²) < 4.78 is 7.88. The third kappa shape index (κ3) is 4.15. The van der Waals surface area contributed by atoms with Gasteiger partial charge in [-0.25, -0.2) is 14.5 Å². The highest BCUT2D eigenvalue weighted by molar-refractivity contribution is 6.07. The molecule has 1 amide bonds. The lowest BCUT2D eigenvalue weighted by Crippen LogP contribution is -2.42. The molecule has 30 heavy (non-hydrogen) atoms. The van der Waals surface area contributed by atoms with Gasteiger partial charge in [0.2, 0.25) is 0 Å². The van der Waals surface area contributed by atoms with E-state index in [-0.39, 0.29) is 30.2 Å². The molecule has 0 aromatic carbocycles. The van der Waals surface area contributed by atoms with E-state index in [1.807, 2.05) is 6.92 Å². The van der Waals surface area contributed by atoms with Crippen LogP contribution >= 0.6 is 0 Å². The Morgan fingerprint density at radius 2 is 2.13 bits per heavy atom. The number of H-pyrrole nitrogens is 1. The van der Waals surface area contributed by atoms with Crippen LogP contribution in [-0.2, 0) is 11.3 Å². The molecule has 3 aromatic rings. The van der Waals surface area contributed by atoms with Crippen molar-refractivity contribution in [2.45, 2.75) is 19.9 Å². The number of nitrogens with zero attached hydrogens (tertiary/aromatic N) is 5. The Hall–Kier alpha value is -3.73. The highest BCUT2D eigenvalue weighted by atomic mass is 16.5. The number of rotatable bonds is 8.